The molecule has 1 aliphatic rings. The Morgan fingerprint density at radius 1 is 1.33 bits per heavy atom. The van der Waals surface area contributed by atoms with Gasteiger partial charge in [0.15, 0.2) is 0 Å². The molecule has 1 fully saturated rings. The Kier molecular flexibility index (Phi) is 2.62. The molecule has 2 aromatic rings. The molecular formula is C15H18N2O. The molecule has 3 heteroatoms. The van der Waals surface area contributed by atoms with Gasteiger partial charge >= 0.3 is 0 Å². The van der Waals surface area contributed by atoms with Crippen molar-refractivity contribution < 1.29 is 4.74 Å². The summed E-state index contributed by atoms with van der Waals surface area (Å²) in [6.07, 6.45) is 2.52. The molecule has 3 nitrogen and oxygen atoms in total. The molecule has 0 saturated heterocycles. The van der Waals surface area contributed by atoms with E-state index in [2.05, 4.69) is 24.4 Å². The molecule has 0 radical (unpaired) electrons. The molecule has 0 unspecified atom stereocenters. The van der Waals surface area contributed by atoms with Crippen LogP contribution < -0.4 is 10.1 Å². The summed E-state index contributed by atoms with van der Waals surface area (Å²) in [5.41, 5.74) is 4.55. The van der Waals surface area contributed by atoms with Crippen LogP contribution in [0.25, 0.3) is 10.9 Å². The normalized spacial score (nSPS) is 14.8. The second kappa shape index (κ2) is 4.16. The number of aryl methyl sites for hydroxylation is 1. The maximum absolute atomic E-state index is 5.45. The Balaban J connectivity index is 2.34. The first-order valence-electron chi connectivity index (χ1n) is 6.40. The van der Waals surface area contributed by atoms with Gasteiger partial charge in [-0.1, -0.05) is 6.07 Å². The van der Waals surface area contributed by atoms with E-state index in [0.717, 1.165) is 17.0 Å². The van der Waals surface area contributed by atoms with E-state index in [1.165, 1.54) is 29.5 Å². The van der Waals surface area contributed by atoms with Gasteiger partial charge in [0.05, 0.1) is 7.11 Å². The van der Waals surface area contributed by atoms with Crippen LogP contribution in [0, 0.1) is 6.92 Å². The van der Waals surface area contributed by atoms with Crippen molar-refractivity contribution in [1.82, 2.24) is 4.98 Å². The summed E-state index contributed by atoms with van der Waals surface area (Å²) >= 11 is 0. The van der Waals surface area contributed by atoms with E-state index >= 15 is 0 Å². The highest BCUT2D eigenvalue weighted by atomic mass is 16.5. The fraction of sp³-hybridized carbons (Fsp3) is 0.400. The van der Waals surface area contributed by atoms with Gasteiger partial charge in [-0.3, -0.25) is 0 Å². The molecule has 1 N–H and O–H groups in total. The highest BCUT2D eigenvalue weighted by Gasteiger charge is 2.26. The molecule has 1 aromatic carbocycles. The van der Waals surface area contributed by atoms with E-state index in [1.54, 1.807) is 7.11 Å². The van der Waals surface area contributed by atoms with Crippen LogP contribution in [0.3, 0.4) is 0 Å². The van der Waals surface area contributed by atoms with Crippen molar-refractivity contribution in [2.45, 2.75) is 25.7 Å². The summed E-state index contributed by atoms with van der Waals surface area (Å²) in [6, 6.07) is 6.27. The number of aromatic nitrogens is 1. The third-order valence-corrected chi connectivity index (χ3v) is 3.64. The second-order valence-electron chi connectivity index (χ2n) is 4.93. The number of anilines is 1. The van der Waals surface area contributed by atoms with E-state index < -0.39 is 0 Å². The molecule has 0 amide bonds. The maximum atomic E-state index is 5.45. The van der Waals surface area contributed by atoms with Crippen molar-refractivity contribution in [2.75, 3.05) is 19.5 Å². The average molecular weight is 242 g/mol. The van der Waals surface area contributed by atoms with Crippen LogP contribution in [0.5, 0.6) is 5.75 Å². The van der Waals surface area contributed by atoms with Gasteiger partial charge in [-0.15, -0.1) is 0 Å². The molecular weight excluding hydrogens is 224 g/mol. The zero-order valence-electron chi connectivity index (χ0n) is 11.1. The minimum atomic E-state index is 0.645. The fourth-order valence-electron chi connectivity index (χ4n) is 2.46. The molecule has 0 aliphatic heterocycles. The first kappa shape index (κ1) is 11.3. The lowest BCUT2D eigenvalue weighted by Gasteiger charge is -2.13. The molecule has 0 spiro atoms. The topological polar surface area (TPSA) is 34.2 Å². The van der Waals surface area contributed by atoms with E-state index in [-0.39, 0.29) is 0 Å². The van der Waals surface area contributed by atoms with E-state index in [1.807, 2.05) is 13.1 Å². The lowest BCUT2D eigenvalue weighted by Crippen LogP contribution is -1.99. The molecule has 0 atom stereocenters. The van der Waals surface area contributed by atoms with Gasteiger partial charge in [-0.25, -0.2) is 4.98 Å². The first-order valence-corrected chi connectivity index (χ1v) is 6.40. The lowest BCUT2D eigenvalue weighted by molar-refractivity contribution is 0.418. The van der Waals surface area contributed by atoms with Crippen molar-refractivity contribution in [1.29, 1.82) is 0 Å². The Morgan fingerprint density at radius 3 is 2.72 bits per heavy atom. The van der Waals surface area contributed by atoms with Gasteiger partial charge in [-0.2, -0.15) is 0 Å². The summed E-state index contributed by atoms with van der Waals surface area (Å²) in [5.74, 6) is 1.50. The van der Waals surface area contributed by atoms with E-state index in [9.17, 15) is 0 Å². The van der Waals surface area contributed by atoms with Crippen molar-refractivity contribution in [3.63, 3.8) is 0 Å². The number of fused-ring (bicyclic) bond motifs is 1. The number of hydrogen-bond donors (Lipinski definition) is 1. The quantitative estimate of drug-likeness (QED) is 0.894. The summed E-state index contributed by atoms with van der Waals surface area (Å²) < 4.78 is 5.45. The number of ether oxygens (including phenoxy) is 1. The Bertz CT molecular complexity index is 603. The third kappa shape index (κ3) is 1.70. The maximum Gasteiger partial charge on any atom is 0.145 e. The van der Waals surface area contributed by atoms with Gasteiger partial charge < -0.3 is 10.1 Å². The predicted octanol–water partition coefficient (Wildman–Crippen LogP) is 3.47. The van der Waals surface area contributed by atoms with Crippen LogP contribution in [0.4, 0.5) is 5.69 Å². The van der Waals surface area contributed by atoms with Gasteiger partial charge in [0.2, 0.25) is 0 Å². The molecule has 1 aromatic heterocycles. The Morgan fingerprint density at radius 2 is 2.11 bits per heavy atom. The van der Waals surface area contributed by atoms with Crippen LogP contribution in [-0.4, -0.2) is 19.1 Å². The molecule has 1 aliphatic carbocycles. The van der Waals surface area contributed by atoms with Crippen molar-refractivity contribution >= 4 is 16.6 Å². The van der Waals surface area contributed by atoms with E-state index in [0.29, 0.717) is 5.92 Å². The smallest absolute Gasteiger partial charge is 0.145 e. The molecule has 3 rings (SSSR count). The van der Waals surface area contributed by atoms with Crippen molar-refractivity contribution in [2.24, 2.45) is 0 Å². The average Bonchev–Trinajstić information content (AvgIpc) is 3.22. The number of rotatable bonds is 3. The summed E-state index contributed by atoms with van der Waals surface area (Å²) in [4.78, 5) is 4.81. The summed E-state index contributed by atoms with van der Waals surface area (Å²) in [7, 11) is 3.67. The number of nitrogens with zero attached hydrogens (tertiary/aromatic N) is 1. The van der Waals surface area contributed by atoms with E-state index in [4.69, 9.17) is 9.72 Å². The van der Waals surface area contributed by atoms with Gasteiger partial charge in [0.1, 0.15) is 11.3 Å². The van der Waals surface area contributed by atoms with Crippen LogP contribution in [-0.2, 0) is 0 Å². The second-order valence-corrected chi connectivity index (χ2v) is 4.93. The van der Waals surface area contributed by atoms with Gasteiger partial charge in [-0.05, 0) is 37.5 Å². The van der Waals surface area contributed by atoms with Crippen LogP contribution >= 0.6 is 0 Å². The summed E-state index contributed by atoms with van der Waals surface area (Å²) in [6.45, 7) is 2.11. The largest absolute Gasteiger partial charge is 0.494 e. The lowest BCUT2D eigenvalue weighted by atomic mass is 10.1. The SMILES string of the molecule is CNc1cc(C2CC2)nc2c(OC)ccc(C)c12. The zero-order chi connectivity index (χ0) is 12.7. The standard InChI is InChI=1S/C15H18N2O/c1-9-4-7-13(18-3)15-14(9)12(16-2)8-11(17-15)10-5-6-10/h4,7-8,10H,5-6H2,1-3H3,(H,16,17). The molecule has 1 heterocycles. The zero-order valence-corrected chi connectivity index (χ0v) is 11.1. The fourth-order valence-corrected chi connectivity index (χ4v) is 2.46. The van der Waals surface area contributed by atoms with Crippen LogP contribution in [0.15, 0.2) is 18.2 Å². The van der Waals surface area contributed by atoms with Crippen molar-refractivity contribution in [3.8, 4) is 5.75 Å². The highest BCUT2D eigenvalue weighted by molar-refractivity contribution is 5.97. The Labute approximate surface area is 107 Å². The minimum absolute atomic E-state index is 0.645. The molecule has 18 heavy (non-hydrogen) atoms. The third-order valence-electron chi connectivity index (χ3n) is 3.64. The predicted molar refractivity (Wildman–Crippen MR) is 74.6 cm³/mol. The van der Waals surface area contributed by atoms with Gasteiger partial charge in [0, 0.05) is 29.7 Å². The highest BCUT2D eigenvalue weighted by Crippen LogP contribution is 2.42. The van der Waals surface area contributed by atoms with Crippen LogP contribution in [0.1, 0.15) is 30.0 Å². The molecule has 94 valence electrons. The number of methoxy groups -OCH3 is 1. The number of pyridine rings is 1. The summed E-state index contributed by atoms with van der Waals surface area (Å²) in [5, 5.41) is 4.46. The van der Waals surface area contributed by atoms with Crippen molar-refractivity contribution in [3.05, 3.63) is 29.5 Å². The Hall–Kier alpha value is -1.77. The first-order chi connectivity index (χ1) is 8.74. The number of benzene rings is 1. The minimum Gasteiger partial charge on any atom is -0.494 e. The number of hydrogen-bond acceptors (Lipinski definition) is 3. The molecule has 0 bridgehead atoms. The number of nitrogens with one attached hydrogen (secondary N) is 1. The van der Waals surface area contributed by atoms with Crippen LogP contribution in [0.2, 0.25) is 0 Å². The monoisotopic (exact) mass is 242 g/mol. The van der Waals surface area contributed by atoms with Gasteiger partial charge in [0.25, 0.3) is 0 Å². The molecule has 1 saturated carbocycles.